The first kappa shape index (κ1) is 24.3. The molecule has 2 heterocycles. The zero-order chi connectivity index (χ0) is 19.0. The summed E-state index contributed by atoms with van der Waals surface area (Å²) < 4.78 is 29.8. The van der Waals surface area contributed by atoms with Gasteiger partial charge in [0.1, 0.15) is 5.82 Å². The van der Waals surface area contributed by atoms with Gasteiger partial charge in [0.15, 0.2) is 5.96 Å². The van der Waals surface area contributed by atoms with Crippen LogP contribution in [-0.4, -0.2) is 80.2 Å². The Morgan fingerprint density at radius 1 is 1.22 bits per heavy atom. The van der Waals surface area contributed by atoms with Gasteiger partial charge in [0, 0.05) is 57.2 Å². The fourth-order valence-corrected chi connectivity index (χ4v) is 3.92. The first-order valence-corrected chi connectivity index (χ1v) is 11.5. The quantitative estimate of drug-likeness (QED) is 0.221. The van der Waals surface area contributed by atoms with Crippen molar-refractivity contribution in [2.24, 2.45) is 4.99 Å². The Morgan fingerprint density at radius 2 is 1.93 bits per heavy atom. The Balaban J connectivity index is 0.00000364. The molecule has 0 amide bonds. The number of hydrogen-bond acceptors (Lipinski definition) is 7. The number of sulfonamides is 1. The van der Waals surface area contributed by atoms with Crippen molar-refractivity contribution >= 4 is 56.6 Å². The molecule has 0 unspecified atom stereocenters. The van der Waals surface area contributed by atoms with Crippen molar-refractivity contribution in [2.75, 3.05) is 56.5 Å². The standard InChI is InChI=1S/C15H29N7O2S2.HI/c1-4-13-19-15(25-20-13)22-11-9-21(10-12-22)14(16-5-2)17-7-8-18-26(23,24)6-3;/h18H,4-12H2,1-3H3,(H,16,17);1H. The second kappa shape index (κ2) is 12.0. The number of nitrogens with zero attached hydrogens (tertiary/aromatic N) is 5. The molecule has 0 aliphatic carbocycles. The summed E-state index contributed by atoms with van der Waals surface area (Å²) in [6.45, 7) is 10.6. The Kier molecular flexibility index (Phi) is 10.8. The molecule has 1 aliphatic rings. The molecule has 2 N–H and O–H groups in total. The summed E-state index contributed by atoms with van der Waals surface area (Å²) in [6, 6.07) is 0. The van der Waals surface area contributed by atoms with Gasteiger partial charge in [0.05, 0.1) is 12.3 Å². The van der Waals surface area contributed by atoms with E-state index in [1.165, 1.54) is 11.5 Å². The average Bonchev–Trinajstić information content (AvgIpc) is 3.14. The van der Waals surface area contributed by atoms with Crippen molar-refractivity contribution < 1.29 is 8.42 Å². The topological polar surface area (TPSA) is 103 Å². The maximum absolute atomic E-state index is 11.5. The van der Waals surface area contributed by atoms with E-state index in [0.717, 1.165) is 56.1 Å². The van der Waals surface area contributed by atoms with Crippen LogP contribution in [0, 0.1) is 0 Å². The highest BCUT2D eigenvalue weighted by Gasteiger charge is 2.22. The minimum absolute atomic E-state index is 0. The van der Waals surface area contributed by atoms with Gasteiger partial charge in [-0.05, 0) is 13.8 Å². The molecule has 27 heavy (non-hydrogen) atoms. The number of hydrogen-bond donors (Lipinski definition) is 2. The number of rotatable bonds is 8. The number of nitrogens with one attached hydrogen (secondary N) is 2. The molecule has 12 heteroatoms. The lowest BCUT2D eigenvalue weighted by atomic mass is 10.3. The van der Waals surface area contributed by atoms with Gasteiger partial charge in [-0.2, -0.15) is 4.37 Å². The van der Waals surface area contributed by atoms with Gasteiger partial charge in [0.25, 0.3) is 0 Å². The van der Waals surface area contributed by atoms with Gasteiger partial charge in [0.2, 0.25) is 15.2 Å². The number of guanidine groups is 1. The Labute approximate surface area is 183 Å². The summed E-state index contributed by atoms with van der Waals surface area (Å²) in [5.74, 6) is 1.82. The maximum atomic E-state index is 11.5. The van der Waals surface area contributed by atoms with Gasteiger partial charge in [-0.15, -0.1) is 24.0 Å². The molecule has 1 aromatic rings. The maximum Gasteiger partial charge on any atom is 0.211 e. The van der Waals surface area contributed by atoms with Gasteiger partial charge < -0.3 is 15.1 Å². The molecule has 156 valence electrons. The number of aliphatic imine (C=N–C) groups is 1. The van der Waals surface area contributed by atoms with Crippen LogP contribution in [0.25, 0.3) is 0 Å². The van der Waals surface area contributed by atoms with E-state index in [0.29, 0.717) is 13.1 Å². The molecule has 0 atom stereocenters. The molecule has 9 nitrogen and oxygen atoms in total. The predicted molar refractivity (Wildman–Crippen MR) is 122 cm³/mol. The lowest BCUT2D eigenvalue weighted by Gasteiger charge is -2.36. The highest BCUT2D eigenvalue weighted by Crippen LogP contribution is 2.19. The van der Waals surface area contributed by atoms with E-state index in [1.54, 1.807) is 6.92 Å². The number of aromatic nitrogens is 2. The van der Waals surface area contributed by atoms with E-state index in [1.807, 2.05) is 6.92 Å². The van der Waals surface area contributed by atoms with Gasteiger partial charge in [-0.3, -0.25) is 4.99 Å². The third-order valence-electron chi connectivity index (χ3n) is 4.03. The molecule has 1 aliphatic heterocycles. The van der Waals surface area contributed by atoms with Gasteiger partial charge >= 0.3 is 0 Å². The van der Waals surface area contributed by atoms with Crippen LogP contribution in [0.5, 0.6) is 0 Å². The summed E-state index contributed by atoms with van der Waals surface area (Å²) in [4.78, 5) is 13.6. The molecular formula is C15H30IN7O2S2. The summed E-state index contributed by atoms with van der Waals surface area (Å²) >= 11 is 1.46. The molecular weight excluding hydrogens is 501 g/mol. The van der Waals surface area contributed by atoms with Crippen LogP contribution in [0.2, 0.25) is 0 Å². The molecule has 0 spiro atoms. The van der Waals surface area contributed by atoms with E-state index in [-0.39, 0.29) is 29.7 Å². The van der Waals surface area contributed by atoms with E-state index < -0.39 is 10.0 Å². The van der Waals surface area contributed by atoms with E-state index >= 15 is 0 Å². The van der Waals surface area contributed by atoms with Crippen molar-refractivity contribution in [3.63, 3.8) is 0 Å². The summed E-state index contributed by atoms with van der Waals surface area (Å²) in [7, 11) is -3.16. The van der Waals surface area contributed by atoms with Crippen molar-refractivity contribution in [3.8, 4) is 0 Å². The molecule has 0 bridgehead atoms. The van der Waals surface area contributed by atoms with Crippen molar-refractivity contribution in [1.82, 2.24) is 24.3 Å². The molecule has 1 saturated heterocycles. The first-order chi connectivity index (χ1) is 12.5. The van der Waals surface area contributed by atoms with Crippen molar-refractivity contribution in [1.29, 1.82) is 0 Å². The molecule has 1 fully saturated rings. The van der Waals surface area contributed by atoms with Crippen LogP contribution < -0.4 is 14.9 Å². The molecule has 0 aromatic carbocycles. The SMILES string of the molecule is CCNC(=NCCNS(=O)(=O)CC)N1CCN(c2nc(CC)ns2)CC1.I. The number of anilines is 1. The third-order valence-corrected chi connectivity index (χ3v) is 6.25. The minimum atomic E-state index is -3.16. The Bertz CT molecular complexity index is 688. The van der Waals surface area contributed by atoms with Crippen LogP contribution >= 0.6 is 35.5 Å². The summed E-state index contributed by atoms with van der Waals surface area (Å²) in [6.07, 6.45) is 0.857. The number of halogens is 1. The van der Waals surface area contributed by atoms with Crippen LogP contribution in [0.4, 0.5) is 5.13 Å². The van der Waals surface area contributed by atoms with Crippen molar-refractivity contribution in [2.45, 2.75) is 27.2 Å². The summed E-state index contributed by atoms with van der Waals surface area (Å²) in [5.41, 5.74) is 0. The van der Waals surface area contributed by atoms with Crippen molar-refractivity contribution in [3.05, 3.63) is 5.82 Å². The Hall–Kier alpha value is -0.730. The fourth-order valence-electron chi connectivity index (χ4n) is 2.52. The molecule has 0 saturated carbocycles. The third kappa shape index (κ3) is 7.66. The average molecular weight is 531 g/mol. The highest BCUT2D eigenvalue weighted by atomic mass is 127. The lowest BCUT2D eigenvalue weighted by Crippen LogP contribution is -2.52. The van der Waals surface area contributed by atoms with Crippen LogP contribution in [0.1, 0.15) is 26.6 Å². The number of piperazine rings is 1. The van der Waals surface area contributed by atoms with E-state index in [4.69, 9.17) is 0 Å². The normalized spacial score (nSPS) is 15.6. The smallest absolute Gasteiger partial charge is 0.211 e. The first-order valence-electron chi connectivity index (χ1n) is 9.07. The second-order valence-corrected chi connectivity index (χ2v) is 8.68. The van der Waals surface area contributed by atoms with Crippen LogP contribution in [0.3, 0.4) is 0 Å². The second-order valence-electron chi connectivity index (χ2n) is 5.85. The minimum Gasteiger partial charge on any atom is -0.357 e. The van der Waals surface area contributed by atoms with E-state index in [9.17, 15) is 8.42 Å². The monoisotopic (exact) mass is 531 g/mol. The zero-order valence-electron chi connectivity index (χ0n) is 16.1. The van der Waals surface area contributed by atoms with Gasteiger partial charge in [-0.25, -0.2) is 18.1 Å². The highest BCUT2D eigenvalue weighted by molar-refractivity contribution is 14.0. The Morgan fingerprint density at radius 3 is 2.48 bits per heavy atom. The van der Waals surface area contributed by atoms with Gasteiger partial charge in [-0.1, -0.05) is 6.92 Å². The van der Waals surface area contributed by atoms with E-state index in [2.05, 4.69) is 41.1 Å². The molecule has 0 radical (unpaired) electrons. The molecule has 1 aromatic heterocycles. The largest absolute Gasteiger partial charge is 0.357 e. The lowest BCUT2D eigenvalue weighted by molar-refractivity contribution is 0.372. The predicted octanol–water partition coefficient (Wildman–Crippen LogP) is 0.745. The molecule has 2 rings (SSSR count). The zero-order valence-corrected chi connectivity index (χ0v) is 20.1. The van der Waals surface area contributed by atoms with Crippen LogP contribution in [-0.2, 0) is 16.4 Å². The fraction of sp³-hybridized carbons (Fsp3) is 0.800. The van der Waals surface area contributed by atoms with Crippen LogP contribution in [0.15, 0.2) is 4.99 Å². The number of aryl methyl sites for hydroxylation is 1. The summed E-state index contributed by atoms with van der Waals surface area (Å²) in [5, 5.41) is 4.27.